The van der Waals surface area contributed by atoms with Crippen LogP contribution in [0.2, 0.25) is 5.02 Å². The third-order valence-electron chi connectivity index (χ3n) is 5.01. The van der Waals surface area contributed by atoms with Crippen LogP contribution < -0.4 is 10.2 Å². The van der Waals surface area contributed by atoms with Crippen molar-refractivity contribution < 1.29 is 19.4 Å². The molecule has 29 heavy (non-hydrogen) atoms. The zero-order valence-electron chi connectivity index (χ0n) is 16.4. The van der Waals surface area contributed by atoms with Crippen LogP contribution in [0.15, 0.2) is 42.5 Å². The van der Waals surface area contributed by atoms with Gasteiger partial charge in [0, 0.05) is 30.3 Å². The lowest BCUT2D eigenvalue weighted by atomic mass is 10.0. The molecule has 154 valence electrons. The van der Waals surface area contributed by atoms with Crippen molar-refractivity contribution in [2.75, 3.05) is 31.6 Å². The Morgan fingerprint density at radius 3 is 2.69 bits per heavy atom. The minimum absolute atomic E-state index is 0.200. The highest BCUT2D eigenvalue weighted by atomic mass is 35.5. The Hall–Kier alpha value is -2.57. The van der Waals surface area contributed by atoms with E-state index in [4.69, 9.17) is 11.6 Å². The van der Waals surface area contributed by atoms with Gasteiger partial charge in [0.1, 0.15) is 0 Å². The van der Waals surface area contributed by atoms with E-state index in [0.717, 1.165) is 30.6 Å². The van der Waals surface area contributed by atoms with Crippen molar-refractivity contribution in [3.05, 3.63) is 64.2 Å². The first-order valence-corrected chi connectivity index (χ1v) is 10.0. The number of β-amino-alcohol motifs (C(OH)–C–C–N with tert-alkyl or cyclic N) is 1. The molecule has 2 aromatic carbocycles. The Balaban J connectivity index is 1.63. The fourth-order valence-corrected chi connectivity index (χ4v) is 3.65. The Bertz CT molecular complexity index is 870. The zero-order chi connectivity index (χ0) is 20.8. The number of ether oxygens (including phenoxy) is 1. The number of rotatable bonds is 6. The van der Waals surface area contributed by atoms with Crippen molar-refractivity contribution in [3.8, 4) is 0 Å². The molecule has 2 aromatic rings. The molecule has 0 radical (unpaired) electrons. The van der Waals surface area contributed by atoms with E-state index in [-0.39, 0.29) is 18.0 Å². The topological polar surface area (TPSA) is 78.9 Å². The van der Waals surface area contributed by atoms with Crippen LogP contribution in [0.1, 0.15) is 39.1 Å². The number of nitrogens with one attached hydrogen (secondary N) is 1. The van der Waals surface area contributed by atoms with Gasteiger partial charge in [-0.05, 0) is 55.2 Å². The number of nitrogens with zero attached hydrogens (tertiary/aromatic N) is 1. The van der Waals surface area contributed by atoms with Gasteiger partial charge in [-0.15, -0.1) is 0 Å². The number of piperidine rings is 1. The van der Waals surface area contributed by atoms with E-state index in [1.165, 1.54) is 7.11 Å². The molecule has 0 spiro atoms. The second-order valence-corrected chi connectivity index (χ2v) is 7.53. The summed E-state index contributed by atoms with van der Waals surface area (Å²) in [5.41, 5.74) is 2.79. The van der Waals surface area contributed by atoms with Crippen LogP contribution in [0.3, 0.4) is 0 Å². The third-order valence-corrected chi connectivity index (χ3v) is 5.25. The molecule has 0 saturated carbocycles. The molecule has 3 rings (SSSR count). The minimum Gasteiger partial charge on any atom is -0.465 e. The number of hydrogen-bond acceptors (Lipinski definition) is 5. The van der Waals surface area contributed by atoms with Crippen molar-refractivity contribution in [3.63, 3.8) is 0 Å². The van der Waals surface area contributed by atoms with Crippen LogP contribution in [0, 0.1) is 0 Å². The average Bonchev–Trinajstić information content (AvgIpc) is 2.73. The molecule has 1 aliphatic heterocycles. The van der Waals surface area contributed by atoms with Crippen LogP contribution >= 0.6 is 11.6 Å². The van der Waals surface area contributed by atoms with Crippen molar-refractivity contribution in [2.24, 2.45) is 0 Å². The fourth-order valence-electron chi connectivity index (χ4n) is 3.48. The Labute approximate surface area is 175 Å². The monoisotopic (exact) mass is 416 g/mol. The summed E-state index contributed by atoms with van der Waals surface area (Å²) in [6, 6.07) is 12.4. The van der Waals surface area contributed by atoms with Crippen LogP contribution in [-0.2, 0) is 11.2 Å². The predicted molar refractivity (Wildman–Crippen MR) is 113 cm³/mol. The second-order valence-electron chi connectivity index (χ2n) is 7.10. The van der Waals surface area contributed by atoms with Crippen molar-refractivity contribution in [1.29, 1.82) is 0 Å². The van der Waals surface area contributed by atoms with E-state index in [1.54, 1.807) is 24.3 Å². The smallest absolute Gasteiger partial charge is 0.337 e. The number of carbonyl (C=O) groups is 2. The maximum atomic E-state index is 12.8. The van der Waals surface area contributed by atoms with E-state index in [0.29, 0.717) is 35.7 Å². The zero-order valence-corrected chi connectivity index (χ0v) is 17.1. The molecule has 7 heteroatoms. The maximum Gasteiger partial charge on any atom is 0.337 e. The summed E-state index contributed by atoms with van der Waals surface area (Å²) < 4.78 is 4.69. The number of carbonyl (C=O) groups excluding carboxylic acids is 2. The molecule has 6 nitrogen and oxygen atoms in total. The van der Waals surface area contributed by atoms with E-state index in [1.807, 2.05) is 23.1 Å². The number of benzene rings is 2. The summed E-state index contributed by atoms with van der Waals surface area (Å²) in [5, 5.41) is 13.4. The summed E-state index contributed by atoms with van der Waals surface area (Å²) in [6.07, 6.45) is 1.90. The SMILES string of the molecule is COC(=O)c1ccc(CCNC(=O)c2cc(Cl)ccc2N2CCCC(O)C2)cc1. The summed E-state index contributed by atoms with van der Waals surface area (Å²) in [4.78, 5) is 26.3. The van der Waals surface area contributed by atoms with Gasteiger partial charge in [-0.25, -0.2) is 4.79 Å². The molecule has 0 bridgehead atoms. The highest BCUT2D eigenvalue weighted by molar-refractivity contribution is 6.31. The largest absolute Gasteiger partial charge is 0.465 e. The average molecular weight is 417 g/mol. The lowest BCUT2D eigenvalue weighted by Gasteiger charge is -2.33. The summed E-state index contributed by atoms with van der Waals surface area (Å²) in [5.74, 6) is -0.574. The number of aliphatic hydroxyl groups is 1. The minimum atomic E-state index is -0.386. The quantitative estimate of drug-likeness (QED) is 0.707. The van der Waals surface area contributed by atoms with Gasteiger partial charge in [0.25, 0.3) is 5.91 Å². The standard InChI is InChI=1S/C22H25ClN2O4/c1-29-22(28)16-6-4-15(5-7-16)10-11-24-21(27)19-13-17(23)8-9-20(19)25-12-2-3-18(26)14-25/h4-9,13,18,26H,2-3,10-12,14H2,1H3,(H,24,27). The molecule has 1 fully saturated rings. The summed E-state index contributed by atoms with van der Waals surface area (Å²) in [6.45, 7) is 1.75. The molecule has 0 aromatic heterocycles. The second kappa shape index (κ2) is 9.76. The van der Waals surface area contributed by atoms with Gasteiger partial charge >= 0.3 is 5.97 Å². The number of methoxy groups -OCH3 is 1. The first-order valence-electron chi connectivity index (χ1n) is 9.66. The van der Waals surface area contributed by atoms with E-state index in [9.17, 15) is 14.7 Å². The highest BCUT2D eigenvalue weighted by Gasteiger charge is 2.22. The molecule has 1 heterocycles. The van der Waals surface area contributed by atoms with Gasteiger partial charge in [-0.1, -0.05) is 23.7 Å². The van der Waals surface area contributed by atoms with Gasteiger partial charge in [0.15, 0.2) is 0 Å². The Morgan fingerprint density at radius 1 is 1.24 bits per heavy atom. The fraction of sp³-hybridized carbons (Fsp3) is 0.364. The maximum absolute atomic E-state index is 12.8. The van der Waals surface area contributed by atoms with E-state index in [2.05, 4.69) is 10.1 Å². The number of hydrogen-bond donors (Lipinski definition) is 2. The first kappa shape index (κ1) is 21.1. The molecule has 2 N–H and O–H groups in total. The van der Waals surface area contributed by atoms with Gasteiger partial charge in [-0.3, -0.25) is 4.79 Å². The highest BCUT2D eigenvalue weighted by Crippen LogP contribution is 2.27. The number of aliphatic hydroxyl groups excluding tert-OH is 1. The molecular formula is C22H25ClN2O4. The molecule has 1 aliphatic rings. The molecule has 1 saturated heterocycles. The molecular weight excluding hydrogens is 392 g/mol. The molecule has 0 aliphatic carbocycles. The molecule has 1 unspecified atom stereocenters. The van der Waals surface area contributed by atoms with Gasteiger partial charge in [0.05, 0.1) is 24.3 Å². The van der Waals surface area contributed by atoms with Gasteiger partial charge < -0.3 is 20.1 Å². The van der Waals surface area contributed by atoms with Crippen LogP contribution in [0.5, 0.6) is 0 Å². The summed E-state index contributed by atoms with van der Waals surface area (Å²) >= 11 is 6.13. The molecule has 1 amide bonds. The van der Waals surface area contributed by atoms with Crippen molar-refractivity contribution in [2.45, 2.75) is 25.4 Å². The normalized spacial score (nSPS) is 16.4. The van der Waals surface area contributed by atoms with Crippen molar-refractivity contribution in [1.82, 2.24) is 5.32 Å². The lowest BCUT2D eigenvalue weighted by molar-refractivity contribution is 0.0600. The van der Waals surface area contributed by atoms with Crippen LogP contribution in [-0.4, -0.2) is 49.8 Å². The Morgan fingerprint density at radius 2 is 2.00 bits per heavy atom. The number of esters is 1. The van der Waals surface area contributed by atoms with Gasteiger partial charge in [0.2, 0.25) is 0 Å². The lowest BCUT2D eigenvalue weighted by Crippen LogP contribution is -2.39. The number of halogens is 1. The van der Waals surface area contributed by atoms with E-state index < -0.39 is 0 Å². The number of amides is 1. The van der Waals surface area contributed by atoms with Crippen LogP contribution in [0.4, 0.5) is 5.69 Å². The van der Waals surface area contributed by atoms with Gasteiger partial charge in [-0.2, -0.15) is 0 Å². The van der Waals surface area contributed by atoms with E-state index >= 15 is 0 Å². The molecule has 1 atom stereocenters. The predicted octanol–water partition coefficient (Wildman–Crippen LogP) is 3.06. The number of anilines is 1. The van der Waals surface area contributed by atoms with Crippen LogP contribution in [0.25, 0.3) is 0 Å². The van der Waals surface area contributed by atoms with Crippen molar-refractivity contribution >= 4 is 29.2 Å². The summed E-state index contributed by atoms with van der Waals surface area (Å²) in [7, 11) is 1.35. The Kier molecular flexibility index (Phi) is 7.12. The third kappa shape index (κ3) is 5.49. The first-order chi connectivity index (χ1) is 14.0.